The molecule has 0 saturated carbocycles. The Bertz CT molecular complexity index is 232. The number of aliphatic hydroxyl groups is 2. The predicted octanol–water partition coefficient (Wildman–Crippen LogP) is -0.553. The molecule has 0 spiro atoms. The number of aromatic nitrogens is 2. The molecule has 0 amide bonds. The highest BCUT2D eigenvalue weighted by atomic mass is 16.3. The minimum Gasteiger partial charge on any atom is -0.396 e. The Labute approximate surface area is 65.1 Å². The largest absolute Gasteiger partial charge is 0.396 e. The van der Waals surface area contributed by atoms with Crippen molar-refractivity contribution in [2.75, 3.05) is 6.61 Å². The highest BCUT2D eigenvalue weighted by Gasteiger charge is 2.05. The second-order valence-corrected chi connectivity index (χ2v) is 2.37. The van der Waals surface area contributed by atoms with E-state index in [-0.39, 0.29) is 13.2 Å². The molecule has 0 aliphatic carbocycles. The molecule has 2 N–H and O–H groups in total. The van der Waals surface area contributed by atoms with Crippen LogP contribution in [0.15, 0.2) is 6.20 Å². The molecule has 0 aliphatic heterocycles. The predicted molar refractivity (Wildman–Crippen MR) is 39.9 cm³/mol. The van der Waals surface area contributed by atoms with Crippen molar-refractivity contribution in [2.24, 2.45) is 7.05 Å². The van der Waals surface area contributed by atoms with Crippen LogP contribution in [0.3, 0.4) is 0 Å². The monoisotopic (exact) mass is 156 g/mol. The topological polar surface area (TPSA) is 58.3 Å². The van der Waals surface area contributed by atoms with Crippen molar-refractivity contribution < 1.29 is 10.2 Å². The van der Waals surface area contributed by atoms with Gasteiger partial charge in [-0.15, -0.1) is 0 Å². The molecule has 0 radical (unpaired) electrons. The number of aliphatic hydroxyl groups excluding tert-OH is 2. The van der Waals surface area contributed by atoms with Crippen molar-refractivity contribution in [3.8, 4) is 0 Å². The Morgan fingerprint density at radius 1 is 1.55 bits per heavy atom. The van der Waals surface area contributed by atoms with Crippen LogP contribution in [0.25, 0.3) is 0 Å². The van der Waals surface area contributed by atoms with Gasteiger partial charge in [-0.25, -0.2) is 0 Å². The Morgan fingerprint density at radius 2 is 2.27 bits per heavy atom. The van der Waals surface area contributed by atoms with Gasteiger partial charge in [0.05, 0.1) is 18.5 Å². The quantitative estimate of drug-likeness (QED) is 0.617. The van der Waals surface area contributed by atoms with Crippen molar-refractivity contribution in [1.29, 1.82) is 0 Å². The highest BCUT2D eigenvalue weighted by Crippen LogP contribution is 2.07. The van der Waals surface area contributed by atoms with Crippen molar-refractivity contribution in [2.45, 2.75) is 13.0 Å². The molecule has 0 saturated heterocycles. The fourth-order valence-corrected chi connectivity index (χ4v) is 1.04. The molecule has 0 atom stereocenters. The normalized spacial score (nSPS) is 10.5. The second-order valence-electron chi connectivity index (χ2n) is 2.37. The third-order valence-corrected chi connectivity index (χ3v) is 1.68. The van der Waals surface area contributed by atoms with Gasteiger partial charge in [-0.1, -0.05) is 0 Å². The molecule has 1 aromatic heterocycles. The van der Waals surface area contributed by atoms with Gasteiger partial charge in [-0.2, -0.15) is 5.10 Å². The molecule has 0 fully saturated rings. The standard InChI is InChI=1S/C7H12N2O2/c1-9-7(5-11)6(2-3-10)4-8-9/h4,10-11H,2-3,5H2,1H3. The number of hydrogen-bond donors (Lipinski definition) is 2. The van der Waals surface area contributed by atoms with Crippen LogP contribution in [0.5, 0.6) is 0 Å². The minimum absolute atomic E-state index is 0.0220. The molecule has 4 nitrogen and oxygen atoms in total. The van der Waals surface area contributed by atoms with Crippen LogP contribution in [0.2, 0.25) is 0 Å². The van der Waals surface area contributed by atoms with E-state index < -0.39 is 0 Å². The van der Waals surface area contributed by atoms with E-state index in [2.05, 4.69) is 5.10 Å². The number of rotatable bonds is 3. The maximum atomic E-state index is 8.87. The van der Waals surface area contributed by atoms with Crippen LogP contribution in [-0.4, -0.2) is 26.6 Å². The van der Waals surface area contributed by atoms with E-state index in [0.29, 0.717) is 6.42 Å². The van der Waals surface area contributed by atoms with Crippen LogP contribution in [0.1, 0.15) is 11.3 Å². The van der Waals surface area contributed by atoms with E-state index in [1.807, 2.05) is 0 Å². The lowest BCUT2D eigenvalue weighted by molar-refractivity contribution is 0.266. The molecule has 1 rings (SSSR count). The molecule has 0 unspecified atom stereocenters. The summed E-state index contributed by atoms with van der Waals surface area (Å²) < 4.78 is 1.62. The summed E-state index contributed by atoms with van der Waals surface area (Å²) in [5.41, 5.74) is 1.69. The second kappa shape index (κ2) is 3.50. The van der Waals surface area contributed by atoms with E-state index in [1.54, 1.807) is 17.9 Å². The van der Waals surface area contributed by atoms with E-state index in [9.17, 15) is 0 Å². The van der Waals surface area contributed by atoms with Crippen molar-refractivity contribution >= 4 is 0 Å². The van der Waals surface area contributed by atoms with Crippen molar-refractivity contribution in [1.82, 2.24) is 9.78 Å². The Hall–Kier alpha value is -0.870. The zero-order chi connectivity index (χ0) is 8.27. The summed E-state index contributed by atoms with van der Waals surface area (Å²) in [5.74, 6) is 0. The third kappa shape index (κ3) is 1.58. The Morgan fingerprint density at radius 3 is 2.82 bits per heavy atom. The summed E-state index contributed by atoms with van der Waals surface area (Å²) in [7, 11) is 1.77. The first kappa shape index (κ1) is 8.23. The summed E-state index contributed by atoms with van der Waals surface area (Å²) in [6, 6.07) is 0. The van der Waals surface area contributed by atoms with Gasteiger partial charge in [-0.3, -0.25) is 4.68 Å². The highest BCUT2D eigenvalue weighted by molar-refractivity contribution is 5.16. The Kier molecular flexibility index (Phi) is 2.62. The number of nitrogens with zero attached hydrogens (tertiary/aromatic N) is 2. The van der Waals surface area contributed by atoms with Gasteiger partial charge in [0.15, 0.2) is 0 Å². The molecule has 0 aliphatic rings. The molecule has 62 valence electrons. The fourth-order valence-electron chi connectivity index (χ4n) is 1.04. The smallest absolute Gasteiger partial charge is 0.0852 e. The molecule has 11 heavy (non-hydrogen) atoms. The van der Waals surface area contributed by atoms with Gasteiger partial charge in [0, 0.05) is 13.7 Å². The molecule has 0 bridgehead atoms. The van der Waals surface area contributed by atoms with Crippen LogP contribution < -0.4 is 0 Å². The summed E-state index contributed by atoms with van der Waals surface area (Å²) in [6.07, 6.45) is 2.23. The third-order valence-electron chi connectivity index (χ3n) is 1.68. The molecular formula is C7H12N2O2. The van der Waals surface area contributed by atoms with Crippen LogP contribution >= 0.6 is 0 Å². The first-order valence-corrected chi connectivity index (χ1v) is 3.51. The van der Waals surface area contributed by atoms with Crippen molar-refractivity contribution in [3.05, 3.63) is 17.5 Å². The lowest BCUT2D eigenvalue weighted by Crippen LogP contribution is -2.01. The number of hydrogen-bond acceptors (Lipinski definition) is 3. The summed E-state index contributed by atoms with van der Waals surface area (Å²) in [6.45, 7) is 0.0739. The minimum atomic E-state index is -0.0220. The van der Waals surface area contributed by atoms with Crippen LogP contribution in [0.4, 0.5) is 0 Å². The molecule has 0 aromatic carbocycles. The fraction of sp³-hybridized carbons (Fsp3) is 0.571. The van der Waals surface area contributed by atoms with Crippen molar-refractivity contribution in [3.63, 3.8) is 0 Å². The SMILES string of the molecule is Cn1ncc(CCO)c1CO. The van der Waals surface area contributed by atoms with Gasteiger partial charge < -0.3 is 10.2 Å². The van der Waals surface area contributed by atoms with Gasteiger partial charge in [-0.05, 0) is 12.0 Å². The van der Waals surface area contributed by atoms with E-state index in [0.717, 1.165) is 11.3 Å². The zero-order valence-corrected chi connectivity index (χ0v) is 6.49. The lowest BCUT2D eigenvalue weighted by atomic mass is 10.2. The lowest BCUT2D eigenvalue weighted by Gasteiger charge is -1.99. The average Bonchev–Trinajstić information content (AvgIpc) is 2.33. The van der Waals surface area contributed by atoms with E-state index in [1.165, 1.54) is 0 Å². The zero-order valence-electron chi connectivity index (χ0n) is 6.49. The molecule has 4 heteroatoms. The molecular weight excluding hydrogens is 144 g/mol. The van der Waals surface area contributed by atoms with Crippen LogP contribution in [0, 0.1) is 0 Å². The van der Waals surface area contributed by atoms with E-state index in [4.69, 9.17) is 10.2 Å². The van der Waals surface area contributed by atoms with Gasteiger partial charge in [0.25, 0.3) is 0 Å². The van der Waals surface area contributed by atoms with Gasteiger partial charge in [0.2, 0.25) is 0 Å². The Balaban J connectivity index is 2.86. The molecule has 1 aromatic rings. The average molecular weight is 156 g/mol. The van der Waals surface area contributed by atoms with Gasteiger partial charge in [0.1, 0.15) is 0 Å². The maximum absolute atomic E-state index is 8.87. The van der Waals surface area contributed by atoms with Gasteiger partial charge >= 0.3 is 0 Å². The van der Waals surface area contributed by atoms with E-state index >= 15 is 0 Å². The summed E-state index contributed by atoms with van der Waals surface area (Å²) in [5, 5.41) is 21.5. The first-order valence-electron chi connectivity index (χ1n) is 3.51. The summed E-state index contributed by atoms with van der Waals surface area (Å²) in [4.78, 5) is 0. The number of aryl methyl sites for hydroxylation is 1. The first-order chi connectivity index (χ1) is 5.29. The summed E-state index contributed by atoms with van der Waals surface area (Å²) >= 11 is 0. The maximum Gasteiger partial charge on any atom is 0.0852 e. The molecule has 1 heterocycles. The van der Waals surface area contributed by atoms with Crippen LogP contribution in [-0.2, 0) is 20.1 Å².